The van der Waals surface area contributed by atoms with Gasteiger partial charge in [0.25, 0.3) is 0 Å². The Labute approximate surface area is 159 Å². The quantitative estimate of drug-likeness (QED) is 0.417. The van der Waals surface area contributed by atoms with Crippen LogP contribution in [0.25, 0.3) is 22.3 Å². The van der Waals surface area contributed by atoms with E-state index in [0.29, 0.717) is 5.29 Å². The average Bonchev–Trinajstić information content (AvgIpc) is 2.64. The maximum atomic E-state index is 12.4. The van der Waals surface area contributed by atoms with E-state index >= 15 is 0 Å². The Balaban J connectivity index is 2.09. The van der Waals surface area contributed by atoms with Crippen LogP contribution in [0.4, 0.5) is 0 Å². The first-order chi connectivity index (χ1) is 13.1. The molecule has 0 aliphatic rings. The Morgan fingerprint density at radius 2 is 1.79 bits per heavy atom. The summed E-state index contributed by atoms with van der Waals surface area (Å²) in [5.41, 5.74) is -0.400. The van der Waals surface area contributed by atoms with E-state index in [-0.39, 0.29) is 39.5 Å². The van der Waals surface area contributed by atoms with Crippen molar-refractivity contribution in [2.24, 2.45) is 0 Å². The standard InChI is InChI=1S/C19H19O8P/c1-10(2)28(24,25)9-26-16-7-11(3-6-14(16)21)19-18(23)17(22)13-5-4-12(20)8-15(13)27-19/h3-8,20-21,23-25H,9H2,1-2H3. The van der Waals surface area contributed by atoms with Gasteiger partial charge in [0.2, 0.25) is 11.2 Å². The molecule has 0 aliphatic carbocycles. The predicted octanol–water partition coefficient (Wildman–Crippen LogP) is 2.96. The van der Waals surface area contributed by atoms with Gasteiger partial charge in [-0.3, -0.25) is 4.79 Å². The van der Waals surface area contributed by atoms with Crippen molar-refractivity contribution in [1.29, 1.82) is 0 Å². The van der Waals surface area contributed by atoms with E-state index < -0.39 is 24.9 Å². The molecule has 0 radical (unpaired) electrons. The molecule has 148 valence electrons. The highest BCUT2D eigenvalue weighted by atomic mass is 31.2. The third-order valence-electron chi connectivity index (χ3n) is 4.19. The van der Waals surface area contributed by atoms with Crippen molar-refractivity contribution in [3.8, 4) is 34.3 Å². The normalized spacial score (nSPS) is 11.6. The lowest BCUT2D eigenvalue weighted by molar-refractivity contribution is 0.326. The van der Waals surface area contributed by atoms with Crippen molar-refractivity contribution in [2.75, 3.05) is 6.35 Å². The van der Waals surface area contributed by atoms with Gasteiger partial charge in [0, 0.05) is 11.6 Å². The molecule has 0 bridgehead atoms. The van der Waals surface area contributed by atoms with Crippen molar-refractivity contribution in [3.05, 3.63) is 46.6 Å². The Bertz CT molecular complexity index is 1170. The molecule has 8 nitrogen and oxygen atoms in total. The molecule has 28 heavy (non-hydrogen) atoms. The van der Waals surface area contributed by atoms with Gasteiger partial charge in [0.05, 0.1) is 5.39 Å². The Hall–Kier alpha value is -2.93. The molecule has 0 atom stereocenters. The first kappa shape index (κ1) is 19.8. The van der Waals surface area contributed by atoms with Crippen LogP contribution in [0, 0.1) is 0 Å². The second-order valence-corrected chi connectivity index (χ2v) is 9.04. The molecule has 0 amide bonds. The molecule has 1 aromatic heterocycles. The average molecular weight is 406 g/mol. The first-order valence-electron chi connectivity index (χ1n) is 8.19. The van der Waals surface area contributed by atoms with Crippen LogP contribution in [0.5, 0.6) is 23.0 Å². The minimum Gasteiger partial charge on any atom is -0.508 e. The summed E-state index contributed by atoms with van der Waals surface area (Å²) in [5, 5.41) is 30.3. The maximum absolute atomic E-state index is 12.4. The number of aromatic hydroxyl groups is 3. The molecule has 0 saturated carbocycles. The van der Waals surface area contributed by atoms with Crippen LogP contribution in [0.1, 0.15) is 13.8 Å². The molecule has 3 aromatic rings. The SMILES string of the molecule is CC(C)=P(O)(O)COc1cc(-c2oc3cc(O)ccc3c(=O)c2O)ccc1O. The number of fused-ring (bicyclic) bond motifs is 1. The Kier molecular flexibility index (Phi) is 5.12. The van der Waals surface area contributed by atoms with Crippen LogP contribution in [0.15, 0.2) is 45.6 Å². The number of rotatable bonds is 4. The minimum atomic E-state index is -3.41. The molecule has 0 spiro atoms. The molecule has 0 fully saturated rings. The van der Waals surface area contributed by atoms with Crippen molar-refractivity contribution in [3.63, 3.8) is 0 Å². The number of ether oxygens (including phenoxy) is 1. The van der Waals surface area contributed by atoms with Gasteiger partial charge in [0.15, 0.2) is 30.9 Å². The zero-order valence-electron chi connectivity index (χ0n) is 15.1. The van der Waals surface area contributed by atoms with Crippen LogP contribution in [-0.4, -0.2) is 36.7 Å². The van der Waals surface area contributed by atoms with E-state index in [2.05, 4.69) is 0 Å². The van der Waals surface area contributed by atoms with Crippen molar-refractivity contribution in [2.45, 2.75) is 13.8 Å². The molecule has 0 unspecified atom stereocenters. The predicted molar refractivity (Wildman–Crippen MR) is 106 cm³/mol. The van der Waals surface area contributed by atoms with Gasteiger partial charge >= 0.3 is 0 Å². The van der Waals surface area contributed by atoms with E-state index in [0.717, 1.165) is 0 Å². The van der Waals surface area contributed by atoms with Gasteiger partial charge < -0.3 is 34.3 Å². The summed E-state index contributed by atoms with van der Waals surface area (Å²) in [7, 11) is -3.41. The van der Waals surface area contributed by atoms with E-state index in [1.165, 1.54) is 36.4 Å². The fraction of sp³-hybridized carbons (Fsp3) is 0.158. The van der Waals surface area contributed by atoms with E-state index in [1.807, 2.05) is 0 Å². The highest BCUT2D eigenvalue weighted by Crippen LogP contribution is 2.42. The summed E-state index contributed by atoms with van der Waals surface area (Å²) < 4.78 is 10.9. The highest BCUT2D eigenvalue weighted by molar-refractivity contribution is 7.65. The largest absolute Gasteiger partial charge is 0.508 e. The second-order valence-electron chi connectivity index (χ2n) is 6.42. The zero-order valence-corrected chi connectivity index (χ0v) is 16.0. The summed E-state index contributed by atoms with van der Waals surface area (Å²) in [6.45, 7) is 3.12. The van der Waals surface area contributed by atoms with Gasteiger partial charge in [-0.05, 0) is 49.5 Å². The van der Waals surface area contributed by atoms with Crippen LogP contribution in [-0.2, 0) is 0 Å². The smallest absolute Gasteiger partial charge is 0.235 e. The van der Waals surface area contributed by atoms with Gasteiger partial charge in [-0.2, -0.15) is 0 Å². The fourth-order valence-corrected chi connectivity index (χ4v) is 3.00. The molecular formula is C19H19O8P. The molecule has 3 rings (SSSR count). The lowest BCUT2D eigenvalue weighted by Gasteiger charge is -2.17. The zero-order chi connectivity index (χ0) is 20.6. The van der Waals surface area contributed by atoms with Crippen LogP contribution in [0.3, 0.4) is 0 Å². The molecular weight excluding hydrogens is 387 g/mol. The third kappa shape index (κ3) is 3.71. The molecule has 1 heterocycles. The summed E-state index contributed by atoms with van der Waals surface area (Å²) >= 11 is 0. The van der Waals surface area contributed by atoms with Crippen molar-refractivity contribution in [1.82, 2.24) is 0 Å². The van der Waals surface area contributed by atoms with E-state index in [1.54, 1.807) is 13.8 Å². The monoisotopic (exact) mass is 406 g/mol. The molecule has 0 aliphatic heterocycles. The number of benzene rings is 2. The Morgan fingerprint density at radius 3 is 2.46 bits per heavy atom. The minimum absolute atomic E-state index is 0.0696. The first-order valence-corrected chi connectivity index (χ1v) is 10.1. The van der Waals surface area contributed by atoms with Crippen LogP contribution >= 0.6 is 7.34 Å². The number of hydrogen-bond acceptors (Lipinski definition) is 8. The maximum Gasteiger partial charge on any atom is 0.235 e. The Morgan fingerprint density at radius 1 is 1.07 bits per heavy atom. The lowest BCUT2D eigenvalue weighted by Crippen LogP contribution is -2.04. The fourth-order valence-electron chi connectivity index (χ4n) is 2.43. The topological polar surface area (TPSA) is 141 Å². The number of phenols is 2. The van der Waals surface area contributed by atoms with Gasteiger partial charge in [-0.1, -0.05) is 0 Å². The molecule has 9 heteroatoms. The van der Waals surface area contributed by atoms with Gasteiger partial charge in [-0.25, -0.2) is 0 Å². The van der Waals surface area contributed by atoms with Crippen molar-refractivity contribution < 1.29 is 34.3 Å². The second kappa shape index (κ2) is 7.24. The third-order valence-corrected chi connectivity index (χ3v) is 6.11. The van der Waals surface area contributed by atoms with Crippen LogP contribution in [0.2, 0.25) is 0 Å². The number of phenolic OH excluding ortho intramolecular Hbond substituents is 2. The van der Waals surface area contributed by atoms with Crippen LogP contribution < -0.4 is 10.2 Å². The summed E-state index contributed by atoms with van der Waals surface area (Å²) in [5.74, 6) is -1.28. The lowest BCUT2D eigenvalue weighted by atomic mass is 10.1. The summed E-state index contributed by atoms with van der Waals surface area (Å²) in [4.78, 5) is 32.3. The van der Waals surface area contributed by atoms with Gasteiger partial charge in [-0.15, -0.1) is 0 Å². The van der Waals surface area contributed by atoms with E-state index in [4.69, 9.17) is 9.15 Å². The molecule has 5 N–H and O–H groups in total. The number of hydrogen-bond donors (Lipinski definition) is 5. The molecule has 0 saturated heterocycles. The summed E-state index contributed by atoms with van der Waals surface area (Å²) in [6.07, 6.45) is -0.437. The summed E-state index contributed by atoms with van der Waals surface area (Å²) in [6, 6.07) is 7.83. The van der Waals surface area contributed by atoms with Gasteiger partial charge in [0.1, 0.15) is 11.3 Å². The van der Waals surface area contributed by atoms with E-state index in [9.17, 15) is 29.9 Å². The molecule has 2 aromatic carbocycles. The highest BCUT2D eigenvalue weighted by Gasteiger charge is 2.19. The van der Waals surface area contributed by atoms with Crippen molar-refractivity contribution >= 4 is 23.6 Å².